The molecule has 0 aliphatic carbocycles. The molecule has 2 aromatic rings. The summed E-state index contributed by atoms with van der Waals surface area (Å²) in [5, 5.41) is 0.295. The Labute approximate surface area is 91.1 Å². The summed E-state index contributed by atoms with van der Waals surface area (Å²) < 4.78 is 14.6. The minimum Gasteiger partial charge on any atom is -0.340 e. The number of pyridine rings is 1. The minimum absolute atomic E-state index is 0.0192. The Morgan fingerprint density at radius 3 is 2.81 bits per heavy atom. The van der Waals surface area contributed by atoms with Gasteiger partial charge in [-0.25, -0.2) is 4.39 Å². The van der Waals surface area contributed by atoms with E-state index in [-0.39, 0.29) is 17.8 Å². The summed E-state index contributed by atoms with van der Waals surface area (Å²) >= 11 is 0. The Hall–Kier alpha value is -1.97. The average Bonchev–Trinajstić information content (AvgIpc) is 2.22. The van der Waals surface area contributed by atoms with Crippen LogP contribution in [0.15, 0.2) is 35.3 Å². The zero-order valence-electron chi connectivity index (χ0n) is 8.74. The van der Waals surface area contributed by atoms with Gasteiger partial charge in [-0.2, -0.15) is 0 Å². The van der Waals surface area contributed by atoms with Crippen molar-refractivity contribution in [2.45, 2.75) is 13.5 Å². The summed E-state index contributed by atoms with van der Waals surface area (Å²) in [5.74, 6) is -0.473. The van der Waals surface area contributed by atoms with Gasteiger partial charge < -0.3 is 4.57 Å². The lowest BCUT2D eigenvalue weighted by Crippen LogP contribution is -2.12. The smallest absolute Gasteiger partial charge is 0.189 e. The fourth-order valence-corrected chi connectivity index (χ4v) is 1.66. The Kier molecular flexibility index (Phi) is 2.56. The Morgan fingerprint density at radius 2 is 2.12 bits per heavy atom. The van der Waals surface area contributed by atoms with E-state index in [1.165, 1.54) is 31.2 Å². The number of nitrogens with zero attached hydrogens (tertiary/aromatic N) is 1. The first kappa shape index (κ1) is 10.5. The maximum Gasteiger partial charge on any atom is 0.189 e. The zero-order chi connectivity index (χ0) is 11.7. The van der Waals surface area contributed by atoms with E-state index < -0.39 is 5.82 Å². The lowest BCUT2D eigenvalue weighted by molar-refractivity contribution is -0.117. The highest BCUT2D eigenvalue weighted by Gasteiger charge is 2.05. The van der Waals surface area contributed by atoms with Gasteiger partial charge in [-0.3, -0.25) is 9.59 Å². The van der Waals surface area contributed by atoms with E-state index in [1.807, 2.05) is 0 Å². The van der Waals surface area contributed by atoms with E-state index in [0.29, 0.717) is 10.9 Å². The van der Waals surface area contributed by atoms with Crippen molar-refractivity contribution in [1.29, 1.82) is 0 Å². The number of halogens is 1. The van der Waals surface area contributed by atoms with Crippen LogP contribution in [0, 0.1) is 5.82 Å². The van der Waals surface area contributed by atoms with Crippen LogP contribution in [0.3, 0.4) is 0 Å². The summed E-state index contributed by atoms with van der Waals surface area (Å²) in [6.07, 6.45) is 1.55. The molecule has 0 fully saturated rings. The number of benzene rings is 1. The van der Waals surface area contributed by atoms with Gasteiger partial charge in [-0.1, -0.05) is 0 Å². The molecule has 0 saturated carbocycles. The van der Waals surface area contributed by atoms with Gasteiger partial charge in [0.15, 0.2) is 5.43 Å². The van der Waals surface area contributed by atoms with Crippen LogP contribution in [0.2, 0.25) is 0 Å². The Bertz CT molecular complexity index is 616. The molecule has 0 aliphatic heterocycles. The standard InChI is InChI=1S/C12H10FNO2/c1-8(15)7-14-5-4-12(16)10-6-9(13)2-3-11(10)14/h2-6H,7H2,1H3. The predicted octanol–water partition coefficient (Wildman–Crippen LogP) is 1.73. The third-order valence-corrected chi connectivity index (χ3v) is 2.33. The zero-order valence-corrected chi connectivity index (χ0v) is 8.74. The molecule has 82 valence electrons. The largest absolute Gasteiger partial charge is 0.340 e. The topological polar surface area (TPSA) is 39.1 Å². The number of carbonyl (C=O) groups is 1. The second kappa shape index (κ2) is 3.89. The van der Waals surface area contributed by atoms with E-state index >= 15 is 0 Å². The maximum atomic E-state index is 13.0. The molecule has 0 atom stereocenters. The number of hydrogen-bond donors (Lipinski definition) is 0. The van der Waals surface area contributed by atoms with Crippen LogP contribution < -0.4 is 5.43 Å². The molecule has 16 heavy (non-hydrogen) atoms. The van der Waals surface area contributed by atoms with Crippen LogP contribution in [-0.4, -0.2) is 10.4 Å². The van der Waals surface area contributed by atoms with Gasteiger partial charge in [0.2, 0.25) is 0 Å². The van der Waals surface area contributed by atoms with Crippen molar-refractivity contribution in [3.05, 3.63) is 46.5 Å². The monoisotopic (exact) mass is 219 g/mol. The second-order valence-corrected chi connectivity index (χ2v) is 3.67. The van der Waals surface area contributed by atoms with Gasteiger partial charge in [0, 0.05) is 17.6 Å². The van der Waals surface area contributed by atoms with Gasteiger partial charge in [0.25, 0.3) is 0 Å². The highest BCUT2D eigenvalue weighted by molar-refractivity contribution is 5.82. The van der Waals surface area contributed by atoms with Crippen molar-refractivity contribution in [2.24, 2.45) is 0 Å². The van der Waals surface area contributed by atoms with Gasteiger partial charge in [-0.05, 0) is 25.1 Å². The summed E-state index contributed by atoms with van der Waals surface area (Å²) in [4.78, 5) is 22.5. The number of ketones is 1. The minimum atomic E-state index is -0.454. The molecule has 1 aromatic carbocycles. The van der Waals surface area contributed by atoms with Crippen molar-refractivity contribution in [3.63, 3.8) is 0 Å². The molecule has 4 heteroatoms. The SMILES string of the molecule is CC(=O)Cn1ccc(=O)c2cc(F)ccc21. The fraction of sp³-hybridized carbons (Fsp3) is 0.167. The van der Waals surface area contributed by atoms with E-state index in [1.54, 1.807) is 10.8 Å². The number of Topliss-reactive ketones (excluding diaryl/α,β-unsaturated/α-hetero) is 1. The molecular weight excluding hydrogens is 209 g/mol. The molecule has 1 heterocycles. The lowest BCUT2D eigenvalue weighted by Gasteiger charge is -2.08. The molecule has 0 unspecified atom stereocenters. The average molecular weight is 219 g/mol. The number of rotatable bonds is 2. The summed E-state index contributed by atoms with van der Waals surface area (Å²) in [7, 11) is 0. The predicted molar refractivity (Wildman–Crippen MR) is 58.8 cm³/mol. The number of carbonyl (C=O) groups excluding carboxylic acids is 1. The van der Waals surface area contributed by atoms with Gasteiger partial charge in [0.1, 0.15) is 11.6 Å². The van der Waals surface area contributed by atoms with Crippen LogP contribution in [0.5, 0.6) is 0 Å². The number of fused-ring (bicyclic) bond motifs is 1. The third kappa shape index (κ3) is 1.86. The fourth-order valence-electron chi connectivity index (χ4n) is 1.66. The first-order valence-electron chi connectivity index (χ1n) is 4.86. The molecule has 0 aliphatic rings. The van der Waals surface area contributed by atoms with Crippen LogP contribution in [0.1, 0.15) is 6.92 Å². The van der Waals surface area contributed by atoms with Crippen molar-refractivity contribution >= 4 is 16.7 Å². The molecule has 2 rings (SSSR count). The molecule has 1 aromatic heterocycles. The van der Waals surface area contributed by atoms with E-state index in [2.05, 4.69) is 0 Å². The van der Waals surface area contributed by atoms with Crippen molar-refractivity contribution in [3.8, 4) is 0 Å². The Balaban J connectivity index is 2.74. The molecule has 3 nitrogen and oxygen atoms in total. The summed E-state index contributed by atoms with van der Waals surface area (Å²) in [6, 6.07) is 5.31. The molecule has 0 spiro atoms. The number of hydrogen-bond acceptors (Lipinski definition) is 2. The molecule has 0 radical (unpaired) electrons. The molecule has 0 bridgehead atoms. The molecule has 0 N–H and O–H groups in total. The van der Waals surface area contributed by atoms with Crippen LogP contribution in [0.25, 0.3) is 10.9 Å². The molecule has 0 saturated heterocycles. The molecule has 0 amide bonds. The van der Waals surface area contributed by atoms with Crippen LogP contribution in [0.4, 0.5) is 4.39 Å². The van der Waals surface area contributed by atoms with Gasteiger partial charge >= 0.3 is 0 Å². The van der Waals surface area contributed by atoms with Crippen LogP contribution in [-0.2, 0) is 11.3 Å². The quantitative estimate of drug-likeness (QED) is 0.771. The highest BCUT2D eigenvalue weighted by atomic mass is 19.1. The highest BCUT2D eigenvalue weighted by Crippen LogP contribution is 2.11. The van der Waals surface area contributed by atoms with E-state index in [0.717, 1.165) is 0 Å². The second-order valence-electron chi connectivity index (χ2n) is 3.67. The van der Waals surface area contributed by atoms with Crippen molar-refractivity contribution < 1.29 is 9.18 Å². The van der Waals surface area contributed by atoms with Crippen LogP contribution >= 0.6 is 0 Å². The third-order valence-electron chi connectivity index (χ3n) is 2.33. The maximum absolute atomic E-state index is 13.0. The first-order chi connectivity index (χ1) is 7.58. The summed E-state index contributed by atoms with van der Waals surface area (Å²) in [5.41, 5.74) is 0.332. The van der Waals surface area contributed by atoms with Crippen molar-refractivity contribution in [2.75, 3.05) is 0 Å². The Morgan fingerprint density at radius 1 is 1.38 bits per heavy atom. The lowest BCUT2D eigenvalue weighted by atomic mass is 10.2. The summed E-state index contributed by atoms with van der Waals surface area (Å²) in [6.45, 7) is 1.65. The first-order valence-corrected chi connectivity index (χ1v) is 4.86. The number of aromatic nitrogens is 1. The van der Waals surface area contributed by atoms with E-state index in [9.17, 15) is 14.0 Å². The van der Waals surface area contributed by atoms with Crippen molar-refractivity contribution in [1.82, 2.24) is 4.57 Å². The van der Waals surface area contributed by atoms with E-state index in [4.69, 9.17) is 0 Å². The van der Waals surface area contributed by atoms with Gasteiger partial charge in [0.05, 0.1) is 12.1 Å². The molecular formula is C12H10FNO2. The van der Waals surface area contributed by atoms with Gasteiger partial charge in [-0.15, -0.1) is 0 Å². The normalized spacial score (nSPS) is 10.6.